The summed E-state index contributed by atoms with van der Waals surface area (Å²) in [5.41, 5.74) is 1.91. The van der Waals surface area contributed by atoms with Crippen LogP contribution in [0.1, 0.15) is 52.4 Å². The van der Waals surface area contributed by atoms with Gasteiger partial charge in [-0.15, -0.1) is 0 Å². The van der Waals surface area contributed by atoms with Gasteiger partial charge in [-0.1, -0.05) is 11.6 Å². The van der Waals surface area contributed by atoms with Crippen LogP contribution in [0, 0.1) is 0 Å². The topological polar surface area (TPSA) is 15.3 Å². The van der Waals surface area contributed by atoms with Gasteiger partial charge in [-0.05, 0) is 72.5 Å². The maximum Gasteiger partial charge on any atom is 0.0458 e. The Balaban J connectivity index is 2.12. The lowest BCUT2D eigenvalue weighted by atomic mass is 9.82. The Bertz CT molecular complexity index is 275. The van der Waals surface area contributed by atoms with Gasteiger partial charge < -0.3 is 5.32 Å². The minimum atomic E-state index is 0.258. The Morgan fingerprint density at radius 1 is 1.18 bits per heavy atom. The number of nitrogens with one attached hydrogen (secondary N) is 1. The van der Waals surface area contributed by atoms with Crippen molar-refractivity contribution in [2.75, 3.05) is 20.1 Å². The van der Waals surface area contributed by atoms with Gasteiger partial charge in [-0.3, -0.25) is 4.90 Å². The molecule has 1 aliphatic carbocycles. The van der Waals surface area contributed by atoms with Crippen LogP contribution in [-0.2, 0) is 0 Å². The average Bonchev–Trinajstić information content (AvgIpc) is 2.85. The van der Waals surface area contributed by atoms with Gasteiger partial charge in [-0.2, -0.15) is 0 Å². The molecule has 0 spiro atoms. The van der Waals surface area contributed by atoms with Crippen LogP contribution in [0.5, 0.6) is 0 Å². The fourth-order valence-corrected chi connectivity index (χ4v) is 3.59. The van der Waals surface area contributed by atoms with Crippen molar-refractivity contribution >= 4 is 0 Å². The summed E-state index contributed by atoms with van der Waals surface area (Å²) in [5, 5.41) is 3.58. The van der Waals surface area contributed by atoms with Crippen molar-refractivity contribution in [1.82, 2.24) is 10.2 Å². The van der Waals surface area contributed by atoms with E-state index in [2.05, 4.69) is 37.2 Å². The van der Waals surface area contributed by atoms with Gasteiger partial charge in [0, 0.05) is 11.6 Å². The van der Waals surface area contributed by atoms with E-state index in [4.69, 9.17) is 0 Å². The minimum Gasteiger partial charge on any atom is -0.312 e. The first-order valence-electron chi connectivity index (χ1n) is 7.27. The molecule has 1 N–H and O–H groups in total. The van der Waals surface area contributed by atoms with E-state index in [-0.39, 0.29) is 5.54 Å². The second-order valence-corrected chi connectivity index (χ2v) is 6.09. The molecule has 17 heavy (non-hydrogen) atoms. The van der Waals surface area contributed by atoms with E-state index in [1.165, 1.54) is 51.6 Å². The van der Waals surface area contributed by atoms with Crippen LogP contribution >= 0.6 is 0 Å². The SMILES string of the molecule is CNC(C1=CCCCC1)C(C)(C)N1CCCC1. The molecule has 2 heteroatoms. The van der Waals surface area contributed by atoms with Crippen molar-refractivity contribution in [1.29, 1.82) is 0 Å². The van der Waals surface area contributed by atoms with Gasteiger partial charge >= 0.3 is 0 Å². The van der Waals surface area contributed by atoms with Gasteiger partial charge in [0.1, 0.15) is 0 Å². The number of rotatable bonds is 4. The van der Waals surface area contributed by atoms with Crippen LogP contribution < -0.4 is 5.32 Å². The Hall–Kier alpha value is -0.340. The number of likely N-dealkylation sites (tertiary alicyclic amines) is 1. The van der Waals surface area contributed by atoms with Crippen LogP contribution in [0.2, 0.25) is 0 Å². The fraction of sp³-hybridized carbons (Fsp3) is 0.867. The first kappa shape index (κ1) is 13.1. The van der Waals surface area contributed by atoms with Crippen LogP contribution in [0.15, 0.2) is 11.6 Å². The highest BCUT2D eigenvalue weighted by molar-refractivity contribution is 5.19. The molecule has 1 atom stereocenters. The predicted octanol–water partition coefficient (Wildman–Crippen LogP) is 2.95. The van der Waals surface area contributed by atoms with E-state index in [1.807, 2.05) is 0 Å². The highest BCUT2D eigenvalue weighted by atomic mass is 15.2. The molecule has 0 aromatic rings. The van der Waals surface area contributed by atoms with E-state index in [1.54, 1.807) is 5.57 Å². The van der Waals surface area contributed by atoms with Gasteiger partial charge in [0.05, 0.1) is 0 Å². The summed E-state index contributed by atoms with van der Waals surface area (Å²) in [6, 6.07) is 0.529. The first-order chi connectivity index (χ1) is 8.16. The van der Waals surface area contributed by atoms with Crippen molar-refractivity contribution < 1.29 is 0 Å². The predicted molar refractivity (Wildman–Crippen MR) is 74.3 cm³/mol. The van der Waals surface area contributed by atoms with Crippen molar-refractivity contribution in [3.8, 4) is 0 Å². The number of hydrogen-bond acceptors (Lipinski definition) is 2. The molecule has 98 valence electrons. The summed E-state index contributed by atoms with van der Waals surface area (Å²) in [4.78, 5) is 2.67. The molecular weight excluding hydrogens is 208 g/mol. The Labute approximate surface area is 106 Å². The second-order valence-electron chi connectivity index (χ2n) is 6.09. The largest absolute Gasteiger partial charge is 0.312 e. The van der Waals surface area contributed by atoms with Gasteiger partial charge in [0.15, 0.2) is 0 Å². The van der Waals surface area contributed by atoms with Gasteiger partial charge in [0.2, 0.25) is 0 Å². The summed E-state index contributed by atoms with van der Waals surface area (Å²) in [5.74, 6) is 0. The number of hydrogen-bond donors (Lipinski definition) is 1. The Morgan fingerprint density at radius 2 is 1.88 bits per heavy atom. The highest BCUT2D eigenvalue weighted by Gasteiger charge is 2.37. The molecule has 0 aromatic carbocycles. The molecule has 1 aliphatic heterocycles. The van der Waals surface area contributed by atoms with E-state index < -0.39 is 0 Å². The molecule has 1 heterocycles. The molecule has 1 saturated heterocycles. The lowest BCUT2D eigenvalue weighted by Crippen LogP contribution is -2.57. The summed E-state index contributed by atoms with van der Waals surface area (Å²) in [6.45, 7) is 7.38. The van der Waals surface area contributed by atoms with Crippen LogP contribution in [0.3, 0.4) is 0 Å². The molecule has 0 saturated carbocycles. The third kappa shape index (κ3) is 2.74. The molecule has 2 aliphatic rings. The van der Waals surface area contributed by atoms with Crippen molar-refractivity contribution in [2.45, 2.75) is 64.0 Å². The highest BCUT2D eigenvalue weighted by Crippen LogP contribution is 2.31. The molecular formula is C15H28N2. The minimum absolute atomic E-state index is 0.258. The third-order valence-electron chi connectivity index (χ3n) is 4.61. The average molecular weight is 236 g/mol. The Morgan fingerprint density at radius 3 is 2.41 bits per heavy atom. The lowest BCUT2D eigenvalue weighted by molar-refractivity contribution is 0.122. The molecule has 0 bridgehead atoms. The molecule has 2 nitrogen and oxygen atoms in total. The van der Waals surface area contributed by atoms with Gasteiger partial charge in [0.25, 0.3) is 0 Å². The van der Waals surface area contributed by atoms with E-state index >= 15 is 0 Å². The molecule has 0 aromatic heterocycles. The summed E-state index contributed by atoms with van der Waals surface area (Å²) in [7, 11) is 2.12. The maximum atomic E-state index is 3.58. The summed E-state index contributed by atoms with van der Waals surface area (Å²) >= 11 is 0. The molecule has 2 rings (SSSR count). The van der Waals surface area contributed by atoms with E-state index in [9.17, 15) is 0 Å². The quantitative estimate of drug-likeness (QED) is 0.755. The van der Waals surface area contributed by atoms with Crippen LogP contribution in [-0.4, -0.2) is 36.6 Å². The zero-order valence-corrected chi connectivity index (χ0v) is 11.8. The number of likely N-dealkylation sites (N-methyl/N-ethyl adjacent to an activating group) is 1. The monoisotopic (exact) mass is 236 g/mol. The number of allylic oxidation sites excluding steroid dienone is 1. The normalized spacial score (nSPS) is 24.8. The zero-order chi connectivity index (χ0) is 12.3. The first-order valence-corrected chi connectivity index (χ1v) is 7.27. The lowest BCUT2D eigenvalue weighted by Gasteiger charge is -2.44. The summed E-state index contributed by atoms with van der Waals surface area (Å²) in [6.07, 6.45) is 10.6. The van der Waals surface area contributed by atoms with Crippen LogP contribution in [0.25, 0.3) is 0 Å². The maximum absolute atomic E-state index is 3.58. The second kappa shape index (κ2) is 5.53. The summed E-state index contributed by atoms with van der Waals surface area (Å²) < 4.78 is 0. The fourth-order valence-electron chi connectivity index (χ4n) is 3.59. The molecule has 1 fully saturated rings. The number of nitrogens with zero attached hydrogens (tertiary/aromatic N) is 1. The van der Waals surface area contributed by atoms with Crippen molar-refractivity contribution in [3.63, 3.8) is 0 Å². The molecule has 0 amide bonds. The van der Waals surface area contributed by atoms with Crippen molar-refractivity contribution in [2.24, 2.45) is 0 Å². The van der Waals surface area contributed by atoms with Gasteiger partial charge in [-0.25, -0.2) is 0 Å². The van der Waals surface area contributed by atoms with Crippen molar-refractivity contribution in [3.05, 3.63) is 11.6 Å². The molecule has 0 radical (unpaired) electrons. The Kier molecular flexibility index (Phi) is 4.26. The zero-order valence-electron chi connectivity index (χ0n) is 11.8. The van der Waals surface area contributed by atoms with E-state index in [0.717, 1.165) is 0 Å². The molecule has 1 unspecified atom stereocenters. The third-order valence-corrected chi connectivity index (χ3v) is 4.61. The van der Waals surface area contributed by atoms with Crippen LogP contribution in [0.4, 0.5) is 0 Å². The smallest absolute Gasteiger partial charge is 0.0458 e. The standard InChI is InChI=1S/C15H28N2/c1-15(2,17-11-7-8-12-17)14(16-3)13-9-5-4-6-10-13/h9,14,16H,4-8,10-12H2,1-3H3. The van der Waals surface area contributed by atoms with E-state index in [0.29, 0.717) is 6.04 Å².